The maximum Gasteiger partial charge on any atom is 0.326 e. The molecule has 0 radical (unpaired) electrons. The van der Waals surface area contributed by atoms with Crippen LogP contribution >= 0.6 is 23.6 Å². The number of aromatic hydroxyl groups is 1. The Morgan fingerprint density at radius 1 is 1.48 bits per heavy atom. The molecule has 23 heavy (non-hydrogen) atoms. The molecule has 0 unspecified atom stereocenters. The number of nitrogens with zero attached hydrogens (tertiary/aromatic N) is 2. The fraction of sp³-hybridized carbons (Fsp3) is 0.188. The van der Waals surface area contributed by atoms with E-state index in [1.807, 2.05) is 24.3 Å². The first-order chi connectivity index (χ1) is 11.0. The van der Waals surface area contributed by atoms with Gasteiger partial charge in [0.15, 0.2) is 3.95 Å². The van der Waals surface area contributed by atoms with Crippen LogP contribution in [0.1, 0.15) is 29.8 Å². The number of carboxylic acids is 1. The number of aliphatic carboxylic acids is 1. The average Bonchev–Trinajstić information content (AvgIpc) is 3.05. The highest BCUT2D eigenvalue weighted by molar-refractivity contribution is 7.73. The van der Waals surface area contributed by atoms with E-state index >= 15 is 0 Å². The van der Waals surface area contributed by atoms with Crippen LogP contribution in [0.2, 0.25) is 0 Å². The second-order valence-corrected chi connectivity index (χ2v) is 6.74. The van der Waals surface area contributed by atoms with Crippen LogP contribution in [-0.4, -0.2) is 27.0 Å². The lowest BCUT2D eigenvalue weighted by Gasteiger charge is -2.12. The molecular formula is C16H14N2O3S2. The van der Waals surface area contributed by atoms with Crippen molar-refractivity contribution in [2.45, 2.75) is 19.4 Å². The van der Waals surface area contributed by atoms with E-state index in [-0.39, 0.29) is 5.88 Å². The predicted octanol–water partition coefficient (Wildman–Crippen LogP) is 4.28. The molecular weight excluding hydrogens is 332 g/mol. The molecule has 3 rings (SSSR count). The third-order valence-electron chi connectivity index (χ3n) is 3.67. The summed E-state index contributed by atoms with van der Waals surface area (Å²) in [4.78, 5) is 16.2. The smallest absolute Gasteiger partial charge is 0.326 e. The zero-order valence-electron chi connectivity index (χ0n) is 12.3. The van der Waals surface area contributed by atoms with Crippen LogP contribution in [0.5, 0.6) is 5.88 Å². The molecule has 0 spiro atoms. The second kappa shape index (κ2) is 6.10. The lowest BCUT2D eigenvalue weighted by Crippen LogP contribution is -2.17. The molecule has 2 heterocycles. The number of carboxylic acid groups (broad SMARTS) is 1. The molecule has 2 aromatic rings. The van der Waals surface area contributed by atoms with E-state index in [2.05, 4.69) is 4.99 Å². The number of para-hydroxylation sites is 1. The lowest BCUT2D eigenvalue weighted by atomic mass is 10.1. The van der Waals surface area contributed by atoms with Crippen LogP contribution in [0.4, 0.5) is 5.69 Å². The minimum Gasteiger partial charge on any atom is -0.493 e. The van der Waals surface area contributed by atoms with E-state index < -0.39 is 12.0 Å². The summed E-state index contributed by atoms with van der Waals surface area (Å²) in [6.07, 6.45) is 3.86. The molecule has 1 aliphatic heterocycles. The van der Waals surface area contributed by atoms with E-state index in [4.69, 9.17) is 12.2 Å². The van der Waals surface area contributed by atoms with Gasteiger partial charge in [0, 0.05) is 17.4 Å². The van der Waals surface area contributed by atoms with Gasteiger partial charge in [-0.25, -0.2) is 4.79 Å². The summed E-state index contributed by atoms with van der Waals surface area (Å²) in [6.45, 7) is 1.75. The van der Waals surface area contributed by atoms with Gasteiger partial charge in [-0.1, -0.05) is 25.1 Å². The molecule has 5 nitrogen and oxygen atoms in total. The Labute approximate surface area is 141 Å². The summed E-state index contributed by atoms with van der Waals surface area (Å²) in [7, 11) is 0. The zero-order chi connectivity index (χ0) is 16.6. The molecule has 1 aromatic carbocycles. The minimum atomic E-state index is -1.01. The highest BCUT2D eigenvalue weighted by Crippen LogP contribution is 2.37. The first-order valence-corrected chi connectivity index (χ1v) is 8.27. The van der Waals surface area contributed by atoms with Crippen LogP contribution in [0.3, 0.4) is 0 Å². The number of rotatable bonds is 4. The topological polar surface area (TPSA) is 74.8 Å². The number of carbonyl (C=O) groups is 1. The Morgan fingerprint density at radius 2 is 2.22 bits per heavy atom. The number of allylic oxidation sites excluding steroid dienone is 1. The summed E-state index contributed by atoms with van der Waals surface area (Å²) in [5, 5.41) is 19.7. The molecule has 2 N–H and O–H groups in total. The maximum absolute atomic E-state index is 11.3. The van der Waals surface area contributed by atoms with Crippen molar-refractivity contribution in [1.82, 2.24) is 4.57 Å². The van der Waals surface area contributed by atoms with E-state index in [9.17, 15) is 15.0 Å². The summed E-state index contributed by atoms with van der Waals surface area (Å²) in [6, 6.07) is 6.84. The minimum absolute atomic E-state index is 0.112. The molecule has 1 atom stereocenters. The quantitative estimate of drug-likeness (QED) is 0.811. The Bertz CT molecular complexity index is 893. The average molecular weight is 346 g/mol. The number of thiazole rings is 1. The number of hydrogen-bond donors (Lipinski definition) is 2. The van der Waals surface area contributed by atoms with Crippen molar-refractivity contribution in [2.24, 2.45) is 4.99 Å². The number of aliphatic imine (C=N–C) groups is 1. The highest BCUT2D eigenvalue weighted by Gasteiger charge is 2.24. The fourth-order valence-corrected chi connectivity index (χ4v) is 3.88. The van der Waals surface area contributed by atoms with Gasteiger partial charge in [0.2, 0.25) is 5.88 Å². The van der Waals surface area contributed by atoms with Gasteiger partial charge in [0.1, 0.15) is 6.04 Å². The number of hydrogen-bond acceptors (Lipinski definition) is 5. The fourth-order valence-electron chi connectivity index (χ4n) is 2.53. The van der Waals surface area contributed by atoms with Gasteiger partial charge in [0.25, 0.3) is 0 Å². The molecule has 0 saturated heterocycles. The summed E-state index contributed by atoms with van der Waals surface area (Å²) < 4.78 is 1.64. The summed E-state index contributed by atoms with van der Waals surface area (Å²) >= 11 is 6.43. The van der Waals surface area contributed by atoms with Gasteiger partial charge in [-0.2, -0.15) is 0 Å². The normalized spacial score (nSPS) is 15.8. The molecule has 7 heteroatoms. The van der Waals surface area contributed by atoms with Gasteiger partial charge in [0.05, 0.1) is 10.6 Å². The van der Waals surface area contributed by atoms with E-state index in [0.717, 1.165) is 16.8 Å². The van der Waals surface area contributed by atoms with E-state index in [0.29, 0.717) is 15.3 Å². The van der Waals surface area contributed by atoms with Crippen molar-refractivity contribution in [3.05, 3.63) is 38.7 Å². The number of aromatic nitrogens is 1. The Kier molecular flexibility index (Phi) is 4.14. The van der Waals surface area contributed by atoms with Crippen molar-refractivity contribution in [3.8, 4) is 5.88 Å². The molecule has 1 aliphatic rings. The van der Waals surface area contributed by atoms with Crippen molar-refractivity contribution in [1.29, 1.82) is 0 Å². The van der Waals surface area contributed by atoms with Crippen LogP contribution in [0, 0.1) is 3.95 Å². The molecule has 0 aliphatic carbocycles. The van der Waals surface area contributed by atoms with Crippen molar-refractivity contribution >= 4 is 53.1 Å². The molecule has 118 valence electrons. The van der Waals surface area contributed by atoms with Gasteiger partial charge >= 0.3 is 5.97 Å². The standard InChI is InChI=1S/C16H14N2O3S2/c1-2-12(15(20)21)18-14(19)13(23-16(18)22)7-9-8-17-11-6-4-3-5-10(9)11/h3-8,12,19H,2H2,1H3,(H,20,21)/t12-/m0/s1. The zero-order valence-corrected chi connectivity index (χ0v) is 13.9. The van der Waals surface area contributed by atoms with Crippen molar-refractivity contribution in [2.75, 3.05) is 0 Å². The first kappa shape index (κ1) is 15.6. The predicted molar refractivity (Wildman–Crippen MR) is 94.2 cm³/mol. The summed E-state index contributed by atoms with van der Waals surface area (Å²) in [5.74, 6) is -1.12. The van der Waals surface area contributed by atoms with Gasteiger partial charge in [-0.05, 0) is 30.8 Å². The summed E-state index contributed by atoms with van der Waals surface area (Å²) in [5.41, 5.74) is 2.71. The molecule has 0 saturated carbocycles. The van der Waals surface area contributed by atoms with Crippen LogP contribution < -0.4 is 0 Å². The van der Waals surface area contributed by atoms with E-state index in [1.165, 1.54) is 15.9 Å². The van der Waals surface area contributed by atoms with Crippen LogP contribution in [0.15, 0.2) is 29.3 Å². The second-order valence-electron chi connectivity index (χ2n) is 5.06. The molecule has 0 amide bonds. The SMILES string of the molecule is CC[C@@H](C(=O)O)n1c(O)c(C=C2C=Nc3ccccc32)sc1=S. The van der Waals surface area contributed by atoms with Gasteiger partial charge < -0.3 is 10.2 Å². The van der Waals surface area contributed by atoms with Gasteiger partial charge in [-0.15, -0.1) is 11.3 Å². The number of benzene rings is 1. The van der Waals surface area contributed by atoms with Crippen LogP contribution in [-0.2, 0) is 4.79 Å². The Balaban J connectivity index is 2.07. The van der Waals surface area contributed by atoms with E-state index in [1.54, 1.807) is 19.2 Å². The molecule has 0 fully saturated rings. The maximum atomic E-state index is 11.3. The van der Waals surface area contributed by atoms with Crippen molar-refractivity contribution < 1.29 is 15.0 Å². The molecule has 0 bridgehead atoms. The Morgan fingerprint density at radius 3 is 2.91 bits per heavy atom. The monoisotopic (exact) mass is 346 g/mol. The lowest BCUT2D eigenvalue weighted by molar-refractivity contribution is -0.141. The van der Waals surface area contributed by atoms with Gasteiger partial charge in [-0.3, -0.25) is 9.56 Å². The Hall–Kier alpha value is -2.25. The first-order valence-electron chi connectivity index (χ1n) is 7.05. The largest absolute Gasteiger partial charge is 0.493 e. The number of fused-ring (bicyclic) bond motifs is 1. The third kappa shape index (κ3) is 2.73. The van der Waals surface area contributed by atoms with Crippen molar-refractivity contribution in [3.63, 3.8) is 0 Å². The van der Waals surface area contributed by atoms with Crippen LogP contribution in [0.25, 0.3) is 11.6 Å². The third-order valence-corrected chi connectivity index (χ3v) is 5.01. The highest BCUT2D eigenvalue weighted by atomic mass is 32.1. The molecule has 1 aromatic heterocycles.